The van der Waals surface area contributed by atoms with E-state index >= 15 is 0 Å². The van der Waals surface area contributed by atoms with Gasteiger partial charge in [-0.05, 0) is 19.8 Å². The largest absolute Gasteiger partial charge is 0.387 e. The van der Waals surface area contributed by atoms with Gasteiger partial charge in [0.1, 0.15) is 5.60 Å². The summed E-state index contributed by atoms with van der Waals surface area (Å²) in [7, 11) is 0. The lowest BCUT2D eigenvalue weighted by Gasteiger charge is -2.37. The van der Waals surface area contributed by atoms with Crippen LogP contribution >= 0.6 is 0 Å². The lowest BCUT2D eigenvalue weighted by molar-refractivity contribution is -0.117. The lowest BCUT2D eigenvalue weighted by atomic mass is 9.80. The number of hydrogen-bond donors (Lipinski definition) is 2. The Labute approximate surface area is 68.6 Å². The second-order valence-electron chi connectivity index (χ2n) is 3.09. The van der Waals surface area contributed by atoms with E-state index in [1.54, 1.807) is 6.92 Å². The van der Waals surface area contributed by atoms with Crippen molar-refractivity contribution in [2.24, 2.45) is 0 Å². The molecule has 0 aromatic carbocycles. The highest BCUT2D eigenvalue weighted by atomic mass is 16.4. The van der Waals surface area contributed by atoms with Crippen LogP contribution in [0.25, 0.3) is 0 Å². The van der Waals surface area contributed by atoms with Gasteiger partial charge in [-0.3, -0.25) is 0 Å². The molecule has 2 N–H and O–H groups in total. The van der Waals surface area contributed by atoms with Crippen molar-refractivity contribution in [3.05, 3.63) is 12.7 Å². The first-order chi connectivity index (χ1) is 4.93. The average Bonchev–Trinajstić information content (AvgIpc) is 2.02. The quantitative estimate of drug-likeness (QED) is 0.608. The molecule has 0 amide bonds. The molecule has 0 heterocycles. The van der Waals surface area contributed by atoms with Crippen LogP contribution in [-0.2, 0) is 0 Å². The zero-order chi connectivity index (χ0) is 9.12. The molecule has 0 radical (unpaired) electrons. The van der Waals surface area contributed by atoms with Gasteiger partial charge in [-0.1, -0.05) is 19.9 Å². The van der Waals surface area contributed by atoms with E-state index in [1.807, 2.05) is 13.8 Å². The minimum atomic E-state index is -1.18. The molecule has 2 nitrogen and oxygen atoms in total. The van der Waals surface area contributed by atoms with Crippen molar-refractivity contribution in [2.75, 3.05) is 0 Å². The molecule has 1 unspecified atom stereocenters. The third kappa shape index (κ3) is 1.82. The maximum absolute atomic E-state index is 9.84. The summed E-state index contributed by atoms with van der Waals surface area (Å²) in [5.74, 6) is 0. The highest BCUT2D eigenvalue weighted by Gasteiger charge is 2.40. The molecule has 0 bridgehead atoms. The molecule has 66 valence electrons. The van der Waals surface area contributed by atoms with Crippen molar-refractivity contribution in [3.63, 3.8) is 0 Å². The zero-order valence-corrected chi connectivity index (χ0v) is 7.59. The minimum absolute atomic E-state index is 0.530. The Kier molecular flexibility index (Phi) is 3.27. The predicted molar refractivity (Wildman–Crippen MR) is 46.4 cm³/mol. The van der Waals surface area contributed by atoms with Crippen molar-refractivity contribution in [3.8, 4) is 0 Å². The second kappa shape index (κ2) is 3.37. The lowest BCUT2D eigenvalue weighted by Crippen LogP contribution is -2.49. The maximum Gasteiger partial charge on any atom is 0.108 e. The molecule has 0 aliphatic carbocycles. The van der Waals surface area contributed by atoms with Gasteiger partial charge >= 0.3 is 0 Å². The highest BCUT2D eigenvalue weighted by Crippen LogP contribution is 2.29. The first kappa shape index (κ1) is 10.7. The van der Waals surface area contributed by atoms with Gasteiger partial charge in [0.05, 0.1) is 5.60 Å². The van der Waals surface area contributed by atoms with Crippen LogP contribution in [-0.4, -0.2) is 21.4 Å². The van der Waals surface area contributed by atoms with E-state index in [4.69, 9.17) is 0 Å². The zero-order valence-electron chi connectivity index (χ0n) is 7.59. The molecule has 0 aliphatic heterocycles. The van der Waals surface area contributed by atoms with Gasteiger partial charge in [0, 0.05) is 0 Å². The summed E-state index contributed by atoms with van der Waals surface area (Å²) >= 11 is 0. The SMILES string of the molecule is C=CC(C)(O)C(O)(CC)CC. The van der Waals surface area contributed by atoms with Gasteiger partial charge in [-0.15, -0.1) is 6.58 Å². The fourth-order valence-corrected chi connectivity index (χ4v) is 1.16. The van der Waals surface area contributed by atoms with E-state index in [2.05, 4.69) is 6.58 Å². The van der Waals surface area contributed by atoms with Crippen molar-refractivity contribution >= 4 is 0 Å². The summed E-state index contributed by atoms with van der Waals surface area (Å²) in [5.41, 5.74) is -2.22. The topological polar surface area (TPSA) is 40.5 Å². The van der Waals surface area contributed by atoms with E-state index < -0.39 is 11.2 Å². The first-order valence-electron chi connectivity index (χ1n) is 4.02. The van der Waals surface area contributed by atoms with Crippen molar-refractivity contribution in [2.45, 2.75) is 44.8 Å². The van der Waals surface area contributed by atoms with Crippen molar-refractivity contribution in [1.29, 1.82) is 0 Å². The standard InChI is InChI=1S/C9H18O2/c1-5-8(4,10)9(11,6-2)7-3/h5,10-11H,1,6-7H2,2-4H3. The first-order valence-corrected chi connectivity index (χ1v) is 4.02. The Bertz CT molecular complexity index is 134. The van der Waals surface area contributed by atoms with Gasteiger partial charge in [-0.25, -0.2) is 0 Å². The van der Waals surface area contributed by atoms with Crippen LogP contribution in [0.4, 0.5) is 0 Å². The van der Waals surface area contributed by atoms with Crippen molar-refractivity contribution < 1.29 is 10.2 Å². The summed E-state index contributed by atoms with van der Waals surface area (Å²) in [6.45, 7) is 8.76. The Morgan fingerprint density at radius 3 is 1.73 bits per heavy atom. The molecular formula is C9H18O2. The molecule has 0 saturated carbocycles. The molecule has 1 atom stereocenters. The van der Waals surface area contributed by atoms with E-state index in [0.717, 1.165) is 0 Å². The van der Waals surface area contributed by atoms with Gasteiger partial charge in [0.15, 0.2) is 0 Å². The van der Waals surface area contributed by atoms with Crippen LogP contribution in [0.3, 0.4) is 0 Å². The van der Waals surface area contributed by atoms with E-state index in [1.165, 1.54) is 6.08 Å². The maximum atomic E-state index is 9.84. The van der Waals surface area contributed by atoms with Crippen LogP contribution < -0.4 is 0 Å². The third-order valence-corrected chi connectivity index (χ3v) is 2.51. The average molecular weight is 158 g/mol. The van der Waals surface area contributed by atoms with Crippen LogP contribution in [0.5, 0.6) is 0 Å². The van der Waals surface area contributed by atoms with Gasteiger partial charge in [0.2, 0.25) is 0 Å². The van der Waals surface area contributed by atoms with Gasteiger partial charge in [0.25, 0.3) is 0 Å². The number of hydrogen-bond acceptors (Lipinski definition) is 2. The molecule has 0 aliphatic rings. The fraction of sp³-hybridized carbons (Fsp3) is 0.778. The smallest absolute Gasteiger partial charge is 0.108 e. The second-order valence-corrected chi connectivity index (χ2v) is 3.09. The van der Waals surface area contributed by atoms with Crippen LogP contribution in [0.1, 0.15) is 33.6 Å². The summed E-state index contributed by atoms with van der Waals surface area (Å²) in [6, 6.07) is 0. The molecule has 0 fully saturated rings. The van der Waals surface area contributed by atoms with E-state index in [0.29, 0.717) is 12.8 Å². The Balaban J connectivity index is 4.60. The Morgan fingerprint density at radius 2 is 1.64 bits per heavy atom. The van der Waals surface area contributed by atoms with Crippen LogP contribution in [0.15, 0.2) is 12.7 Å². The molecular weight excluding hydrogens is 140 g/mol. The molecule has 0 rings (SSSR count). The van der Waals surface area contributed by atoms with Crippen molar-refractivity contribution in [1.82, 2.24) is 0 Å². The molecule has 0 saturated heterocycles. The van der Waals surface area contributed by atoms with Crippen LogP contribution in [0.2, 0.25) is 0 Å². The van der Waals surface area contributed by atoms with Gasteiger partial charge in [-0.2, -0.15) is 0 Å². The summed E-state index contributed by atoms with van der Waals surface area (Å²) in [5, 5.41) is 19.5. The normalized spacial score (nSPS) is 17.5. The van der Waals surface area contributed by atoms with E-state index in [-0.39, 0.29) is 0 Å². The summed E-state index contributed by atoms with van der Waals surface area (Å²) < 4.78 is 0. The summed E-state index contributed by atoms with van der Waals surface area (Å²) in [4.78, 5) is 0. The molecule has 2 heteroatoms. The fourth-order valence-electron chi connectivity index (χ4n) is 1.16. The molecule has 0 aromatic rings. The molecule has 11 heavy (non-hydrogen) atoms. The van der Waals surface area contributed by atoms with Gasteiger partial charge < -0.3 is 10.2 Å². The highest BCUT2D eigenvalue weighted by molar-refractivity contribution is 5.06. The molecule has 0 aromatic heterocycles. The summed E-state index contributed by atoms with van der Waals surface area (Å²) in [6.07, 6.45) is 2.45. The minimum Gasteiger partial charge on any atom is -0.387 e. The number of rotatable bonds is 4. The Hall–Kier alpha value is -0.340. The van der Waals surface area contributed by atoms with Crippen LogP contribution in [0, 0.1) is 0 Å². The van der Waals surface area contributed by atoms with E-state index in [9.17, 15) is 10.2 Å². The predicted octanol–water partition coefficient (Wildman–Crippen LogP) is 1.47. The number of aliphatic hydroxyl groups is 2. The molecule has 0 spiro atoms. The monoisotopic (exact) mass is 158 g/mol. The Morgan fingerprint density at radius 1 is 1.27 bits per heavy atom. The third-order valence-electron chi connectivity index (χ3n) is 2.51.